The molecular weight excluding hydrogens is 372 g/mol. The van der Waals surface area contributed by atoms with Gasteiger partial charge in [-0.25, -0.2) is 4.98 Å². The first-order valence-corrected chi connectivity index (χ1v) is 10.4. The molecule has 4 heterocycles. The normalized spacial score (nSPS) is 15.6. The van der Waals surface area contributed by atoms with Gasteiger partial charge in [0.15, 0.2) is 5.82 Å². The second-order valence-electron chi connectivity index (χ2n) is 7.15. The molecule has 0 bridgehead atoms. The standard InChI is InChI=1S/C20H24N6OS/c1-15-22-18(14-28-15)13-25-9-4-17(5-10-25)20(27)23-19-6-11-26(24-19)12-16-2-7-21-8-3-16/h2-3,6-8,11,14,17H,4-5,9-10,12-13H2,1H3,(H,23,24,27). The second kappa shape index (κ2) is 8.62. The summed E-state index contributed by atoms with van der Waals surface area (Å²) >= 11 is 1.69. The molecule has 1 N–H and O–H groups in total. The lowest BCUT2D eigenvalue weighted by Crippen LogP contribution is -2.37. The molecule has 146 valence electrons. The van der Waals surface area contributed by atoms with E-state index >= 15 is 0 Å². The van der Waals surface area contributed by atoms with Crippen molar-refractivity contribution < 1.29 is 4.79 Å². The molecule has 28 heavy (non-hydrogen) atoms. The first kappa shape index (κ1) is 18.8. The maximum absolute atomic E-state index is 12.6. The van der Waals surface area contributed by atoms with E-state index in [0.717, 1.165) is 48.7 Å². The zero-order valence-corrected chi connectivity index (χ0v) is 16.7. The molecule has 1 amide bonds. The number of hydrogen-bond acceptors (Lipinski definition) is 6. The Bertz CT molecular complexity index is 914. The SMILES string of the molecule is Cc1nc(CN2CCC(C(=O)Nc3ccn(Cc4ccncc4)n3)CC2)cs1. The highest BCUT2D eigenvalue weighted by Gasteiger charge is 2.25. The highest BCUT2D eigenvalue weighted by atomic mass is 32.1. The lowest BCUT2D eigenvalue weighted by atomic mass is 9.96. The number of thiazole rings is 1. The predicted octanol–water partition coefficient (Wildman–Crippen LogP) is 2.94. The summed E-state index contributed by atoms with van der Waals surface area (Å²) in [5.74, 6) is 0.719. The zero-order chi connectivity index (χ0) is 19.3. The van der Waals surface area contributed by atoms with E-state index in [1.165, 1.54) is 0 Å². The Balaban J connectivity index is 1.25. The van der Waals surface area contributed by atoms with Crippen LogP contribution in [0, 0.1) is 12.8 Å². The molecule has 1 saturated heterocycles. The number of aryl methyl sites for hydroxylation is 1. The number of nitrogens with one attached hydrogen (secondary N) is 1. The maximum atomic E-state index is 12.6. The van der Waals surface area contributed by atoms with Crippen molar-refractivity contribution in [2.24, 2.45) is 5.92 Å². The van der Waals surface area contributed by atoms with Crippen molar-refractivity contribution in [1.29, 1.82) is 0 Å². The lowest BCUT2D eigenvalue weighted by Gasteiger charge is -2.30. The van der Waals surface area contributed by atoms with Gasteiger partial charge in [-0.15, -0.1) is 11.3 Å². The number of nitrogens with zero attached hydrogens (tertiary/aromatic N) is 5. The van der Waals surface area contributed by atoms with Crippen LogP contribution in [0.2, 0.25) is 0 Å². The Morgan fingerprint density at radius 2 is 2.00 bits per heavy atom. The van der Waals surface area contributed by atoms with Gasteiger partial charge in [0, 0.05) is 42.5 Å². The van der Waals surface area contributed by atoms with Crippen LogP contribution in [0.15, 0.2) is 42.2 Å². The molecule has 3 aromatic heterocycles. The quantitative estimate of drug-likeness (QED) is 0.693. The minimum absolute atomic E-state index is 0.0405. The smallest absolute Gasteiger partial charge is 0.228 e. The zero-order valence-electron chi connectivity index (χ0n) is 15.9. The van der Waals surface area contributed by atoms with Gasteiger partial charge in [0.1, 0.15) is 0 Å². The summed E-state index contributed by atoms with van der Waals surface area (Å²) in [7, 11) is 0. The number of carbonyl (C=O) groups excluding carboxylic acids is 1. The Kier molecular flexibility index (Phi) is 5.78. The fourth-order valence-electron chi connectivity index (χ4n) is 3.48. The van der Waals surface area contributed by atoms with E-state index in [1.54, 1.807) is 23.7 Å². The molecule has 1 aliphatic heterocycles. The summed E-state index contributed by atoms with van der Waals surface area (Å²) in [6, 6.07) is 5.76. The average Bonchev–Trinajstić information content (AvgIpc) is 3.32. The van der Waals surface area contributed by atoms with E-state index in [-0.39, 0.29) is 11.8 Å². The molecule has 0 saturated carbocycles. The van der Waals surface area contributed by atoms with E-state index in [0.29, 0.717) is 12.4 Å². The van der Waals surface area contributed by atoms with E-state index in [4.69, 9.17) is 0 Å². The van der Waals surface area contributed by atoms with Crippen molar-refractivity contribution in [3.05, 3.63) is 58.4 Å². The Hall–Kier alpha value is -2.58. The molecule has 1 aliphatic rings. The number of likely N-dealkylation sites (tertiary alicyclic amines) is 1. The van der Waals surface area contributed by atoms with Crippen LogP contribution in [0.5, 0.6) is 0 Å². The molecule has 1 fully saturated rings. The van der Waals surface area contributed by atoms with Crippen LogP contribution in [-0.4, -0.2) is 43.6 Å². The summed E-state index contributed by atoms with van der Waals surface area (Å²) in [5.41, 5.74) is 2.25. The van der Waals surface area contributed by atoms with Crippen LogP contribution in [0.3, 0.4) is 0 Å². The third-order valence-electron chi connectivity index (χ3n) is 5.00. The van der Waals surface area contributed by atoms with Crippen molar-refractivity contribution in [3.63, 3.8) is 0 Å². The van der Waals surface area contributed by atoms with Crippen molar-refractivity contribution in [2.45, 2.75) is 32.9 Å². The second-order valence-corrected chi connectivity index (χ2v) is 8.21. The number of rotatable bonds is 6. The van der Waals surface area contributed by atoms with E-state index in [9.17, 15) is 4.79 Å². The van der Waals surface area contributed by atoms with Gasteiger partial charge in [0.05, 0.1) is 17.2 Å². The van der Waals surface area contributed by atoms with Crippen LogP contribution in [0.4, 0.5) is 5.82 Å². The first-order valence-electron chi connectivity index (χ1n) is 9.52. The molecule has 4 rings (SSSR count). The van der Waals surface area contributed by atoms with E-state index < -0.39 is 0 Å². The van der Waals surface area contributed by atoms with Crippen molar-refractivity contribution >= 4 is 23.1 Å². The average molecular weight is 397 g/mol. The highest BCUT2D eigenvalue weighted by Crippen LogP contribution is 2.21. The summed E-state index contributed by atoms with van der Waals surface area (Å²) in [5, 5.41) is 10.7. The van der Waals surface area contributed by atoms with Crippen molar-refractivity contribution in [3.8, 4) is 0 Å². The number of aromatic nitrogens is 4. The first-order chi connectivity index (χ1) is 13.7. The van der Waals surface area contributed by atoms with E-state index in [2.05, 4.69) is 30.7 Å². The Morgan fingerprint density at radius 3 is 2.71 bits per heavy atom. The minimum Gasteiger partial charge on any atom is -0.309 e. The molecule has 0 radical (unpaired) electrons. The number of carbonyl (C=O) groups is 1. The number of pyridine rings is 1. The largest absolute Gasteiger partial charge is 0.309 e. The van der Waals surface area contributed by atoms with Gasteiger partial charge in [-0.05, 0) is 50.6 Å². The number of hydrogen-bond donors (Lipinski definition) is 1. The summed E-state index contributed by atoms with van der Waals surface area (Å²) < 4.78 is 1.82. The molecular formula is C20H24N6OS. The summed E-state index contributed by atoms with van der Waals surface area (Å²) in [6.45, 7) is 5.41. The number of piperidine rings is 1. The monoisotopic (exact) mass is 396 g/mol. The van der Waals surface area contributed by atoms with Crippen molar-refractivity contribution in [2.75, 3.05) is 18.4 Å². The van der Waals surface area contributed by atoms with Crippen LogP contribution < -0.4 is 5.32 Å². The van der Waals surface area contributed by atoms with Gasteiger partial charge in [0.2, 0.25) is 5.91 Å². The summed E-state index contributed by atoms with van der Waals surface area (Å²) in [4.78, 5) is 23.5. The summed E-state index contributed by atoms with van der Waals surface area (Å²) in [6.07, 6.45) is 7.15. The molecule has 0 spiro atoms. The third kappa shape index (κ3) is 4.82. The fourth-order valence-corrected chi connectivity index (χ4v) is 4.09. The third-order valence-corrected chi connectivity index (χ3v) is 5.82. The lowest BCUT2D eigenvalue weighted by molar-refractivity contribution is -0.121. The molecule has 0 atom stereocenters. The fraction of sp³-hybridized carbons (Fsp3) is 0.400. The van der Waals surface area contributed by atoms with Gasteiger partial charge in [0.25, 0.3) is 0 Å². The minimum atomic E-state index is 0.0405. The molecule has 8 heteroatoms. The van der Waals surface area contributed by atoms with Gasteiger partial charge in [-0.3, -0.25) is 19.4 Å². The predicted molar refractivity (Wildman–Crippen MR) is 109 cm³/mol. The maximum Gasteiger partial charge on any atom is 0.228 e. The number of anilines is 1. The van der Waals surface area contributed by atoms with Gasteiger partial charge in [-0.2, -0.15) is 5.10 Å². The molecule has 0 aromatic carbocycles. The van der Waals surface area contributed by atoms with Crippen molar-refractivity contribution in [1.82, 2.24) is 24.6 Å². The van der Waals surface area contributed by atoms with Gasteiger partial charge >= 0.3 is 0 Å². The molecule has 0 unspecified atom stereocenters. The molecule has 0 aliphatic carbocycles. The van der Waals surface area contributed by atoms with Gasteiger partial charge < -0.3 is 5.32 Å². The van der Waals surface area contributed by atoms with Crippen LogP contribution >= 0.6 is 11.3 Å². The topological polar surface area (TPSA) is 75.9 Å². The van der Waals surface area contributed by atoms with Crippen LogP contribution in [0.1, 0.15) is 29.1 Å². The Labute approximate surface area is 168 Å². The van der Waals surface area contributed by atoms with Crippen LogP contribution in [-0.2, 0) is 17.9 Å². The van der Waals surface area contributed by atoms with E-state index in [1.807, 2.05) is 36.0 Å². The Morgan fingerprint density at radius 1 is 1.21 bits per heavy atom. The molecule has 7 nitrogen and oxygen atoms in total. The van der Waals surface area contributed by atoms with Gasteiger partial charge in [-0.1, -0.05) is 0 Å². The van der Waals surface area contributed by atoms with Crippen LogP contribution in [0.25, 0.3) is 0 Å². The molecule has 3 aromatic rings. The number of amides is 1. The highest BCUT2D eigenvalue weighted by molar-refractivity contribution is 7.09.